The zero-order chi connectivity index (χ0) is 13.3. The van der Waals surface area contributed by atoms with Gasteiger partial charge in [-0.25, -0.2) is 0 Å². The lowest BCUT2D eigenvalue weighted by molar-refractivity contribution is -0.384. The number of fused-ring (bicyclic) bond motifs is 1. The third-order valence-electron chi connectivity index (χ3n) is 2.33. The molecule has 0 fully saturated rings. The maximum absolute atomic E-state index is 11.7. The van der Waals surface area contributed by atoms with Gasteiger partial charge >= 0.3 is 0 Å². The second-order valence-electron chi connectivity index (χ2n) is 3.48. The van der Waals surface area contributed by atoms with Crippen molar-refractivity contribution in [3.8, 4) is 6.07 Å². The maximum atomic E-state index is 11.7. The van der Waals surface area contributed by atoms with Gasteiger partial charge in [-0.2, -0.15) is 5.26 Å². The molecule has 2 aromatic rings. The largest absolute Gasteiger partial charge is 0.457 e. The highest BCUT2D eigenvalue weighted by atomic mass is 16.6. The molecule has 0 amide bonds. The first-order chi connectivity index (χ1) is 8.52. The Morgan fingerprint density at radius 3 is 2.78 bits per heavy atom. The molecule has 1 heterocycles. The van der Waals surface area contributed by atoms with Crippen molar-refractivity contribution >= 4 is 16.7 Å². The third kappa shape index (κ3) is 1.92. The van der Waals surface area contributed by atoms with E-state index in [1.165, 1.54) is 18.2 Å². The van der Waals surface area contributed by atoms with E-state index >= 15 is 0 Å². The van der Waals surface area contributed by atoms with E-state index in [4.69, 9.17) is 9.68 Å². The zero-order valence-corrected chi connectivity index (χ0v) is 8.86. The molecule has 0 radical (unpaired) electrons. The first-order valence-electron chi connectivity index (χ1n) is 4.83. The van der Waals surface area contributed by atoms with Crippen LogP contribution in [-0.4, -0.2) is 10.0 Å². The molecule has 1 unspecified atom stereocenters. The second-order valence-corrected chi connectivity index (χ2v) is 3.48. The predicted octanol–water partition coefficient (Wildman–Crippen LogP) is 1.26. The van der Waals surface area contributed by atoms with Gasteiger partial charge in [-0.05, 0) is 6.07 Å². The fourth-order valence-electron chi connectivity index (χ4n) is 1.47. The van der Waals surface area contributed by atoms with Crippen molar-refractivity contribution in [3.05, 3.63) is 50.4 Å². The van der Waals surface area contributed by atoms with Crippen molar-refractivity contribution in [3.63, 3.8) is 0 Å². The molecule has 90 valence electrons. The Kier molecular flexibility index (Phi) is 2.79. The molecule has 1 atom stereocenters. The van der Waals surface area contributed by atoms with Crippen LogP contribution in [0.3, 0.4) is 0 Å². The summed E-state index contributed by atoms with van der Waals surface area (Å²) in [5.41, 5.74) is -0.704. The fourth-order valence-corrected chi connectivity index (χ4v) is 1.47. The molecule has 0 saturated carbocycles. The highest BCUT2D eigenvalue weighted by molar-refractivity contribution is 5.79. The smallest absolute Gasteiger partial charge is 0.270 e. The van der Waals surface area contributed by atoms with E-state index in [0.717, 1.165) is 12.1 Å². The van der Waals surface area contributed by atoms with Crippen LogP contribution in [0.1, 0.15) is 11.9 Å². The van der Waals surface area contributed by atoms with E-state index in [9.17, 15) is 20.0 Å². The molecule has 2 rings (SSSR count). The number of nitro groups is 1. The number of non-ortho nitro benzene ring substituents is 1. The van der Waals surface area contributed by atoms with Crippen molar-refractivity contribution in [2.45, 2.75) is 6.10 Å². The minimum atomic E-state index is -1.54. The Morgan fingerprint density at radius 2 is 2.17 bits per heavy atom. The van der Waals surface area contributed by atoms with Crippen molar-refractivity contribution in [2.75, 3.05) is 0 Å². The summed E-state index contributed by atoms with van der Waals surface area (Å²) >= 11 is 0. The first kappa shape index (κ1) is 11.8. The van der Waals surface area contributed by atoms with Gasteiger partial charge in [0.1, 0.15) is 11.7 Å². The molecule has 0 aliphatic rings. The Balaban J connectivity index is 2.71. The number of aliphatic hydroxyl groups is 1. The molecule has 18 heavy (non-hydrogen) atoms. The fraction of sp³-hybridized carbons (Fsp3) is 0.0909. The first-order valence-corrected chi connectivity index (χ1v) is 4.83. The molecule has 1 N–H and O–H groups in total. The van der Waals surface area contributed by atoms with E-state index in [0.29, 0.717) is 0 Å². The van der Waals surface area contributed by atoms with Gasteiger partial charge in [0.15, 0.2) is 17.3 Å². The molecule has 0 spiro atoms. The molecule has 7 heteroatoms. The van der Waals surface area contributed by atoms with Gasteiger partial charge < -0.3 is 9.52 Å². The number of hydrogen-bond acceptors (Lipinski definition) is 6. The lowest BCUT2D eigenvalue weighted by atomic mass is 10.2. The SMILES string of the molecule is N#CC(O)c1cc(=O)c2cc([N+](=O)[O-])ccc2o1. The maximum Gasteiger partial charge on any atom is 0.270 e. The summed E-state index contributed by atoms with van der Waals surface area (Å²) in [5.74, 6) is -0.191. The highest BCUT2D eigenvalue weighted by Gasteiger charge is 2.14. The Labute approximate surface area is 99.6 Å². The van der Waals surface area contributed by atoms with Crippen molar-refractivity contribution in [1.82, 2.24) is 0 Å². The number of benzene rings is 1. The van der Waals surface area contributed by atoms with E-state index in [1.54, 1.807) is 0 Å². The summed E-state index contributed by atoms with van der Waals surface area (Å²) in [6, 6.07) is 5.98. The number of hydrogen-bond donors (Lipinski definition) is 1. The van der Waals surface area contributed by atoms with Crippen molar-refractivity contribution in [1.29, 1.82) is 5.26 Å². The Morgan fingerprint density at radius 1 is 1.44 bits per heavy atom. The van der Waals surface area contributed by atoms with E-state index < -0.39 is 16.5 Å². The van der Waals surface area contributed by atoms with Crippen LogP contribution in [0.15, 0.2) is 33.5 Å². The van der Waals surface area contributed by atoms with Crippen LogP contribution in [0.25, 0.3) is 11.0 Å². The van der Waals surface area contributed by atoms with Crippen LogP contribution in [0.4, 0.5) is 5.69 Å². The molecule has 1 aromatic carbocycles. The number of nitriles is 1. The molecular formula is C11H6N2O5. The van der Waals surface area contributed by atoms with Gasteiger partial charge in [0, 0.05) is 18.2 Å². The van der Waals surface area contributed by atoms with Crippen molar-refractivity contribution < 1.29 is 14.4 Å². The number of aliphatic hydroxyl groups excluding tert-OH is 1. The van der Waals surface area contributed by atoms with Gasteiger partial charge in [-0.3, -0.25) is 14.9 Å². The van der Waals surface area contributed by atoms with Crippen molar-refractivity contribution in [2.24, 2.45) is 0 Å². The van der Waals surface area contributed by atoms with Crippen LogP contribution in [0.2, 0.25) is 0 Å². The van der Waals surface area contributed by atoms with E-state index in [1.807, 2.05) is 0 Å². The number of nitrogens with zero attached hydrogens (tertiary/aromatic N) is 2. The molecule has 7 nitrogen and oxygen atoms in total. The van der Waals surface area contributed by atoms with E-state index in [2.05, 4.69) is 0 Å². The molecular weight excluding hydrogens is 240 g/mol. The van der Waals surface area contributed by atoms with Gasteiger partial charge in [0.25, 0.3) is 5.69 Å². The Bertz CT molecular complexity index is 728. The normalized spacial score (nSPS) is 12.0. The molecule has 0 saturated heterocycles. The average molecular weight is 246 g/mol. The lowest BCUT2D eigenvalue weighted by Crippen LogP contribution is -2.05. The van der Waals surface area contributed by atoms with Gasteiger partial charge in [-0.1, -0.05) is 0 Å². The van der Waals surface area contributed by atoms with Crippen LogP contribution < -0.4 is 5.43 Å². The minimum Gasteiger partial charge on any atom is -0.457 e. The summed E-state index contributed by atoms with van der Waals surface area (Å²) < 4.78 is 5.13. The van der Waals surface area contributed by atoms with Crippen LogP contribution in [0.5, 0.6) is 0 Å². The summed E-state index contributed by atoms with van der Waals surface area (Å²) in [6.45, 7) is 0. The Hall–Kier alpha value is -2.72. The summed E-state index contributed by atoms with van der Waals surface area (Å²) in [7, 11) is 0. The second kappa shape index (κ2) is 4.27. The number of rotatable bonds is 2. The van der Waals surface area contributed by atoms with Gasteiger partial charge in [0.05, 0.1) is 10.3 Å². The molecule has 0 aliphatic heterocycles. The molecule has 0 aliphatic carbocycles. The third-order valence-corrected chi connectivity index (χ3v) is 2.33. The van der Waals surface area contributed by atoms with Crippen LogP contribution in [0, 0.1) is 21.4 Å². The van der Waals surface area contributed by atoms with Gasteiger partial charge in [0.2, 0.25) is 0 Å². The predicted molar refractivity (Wildman–Crippen MR) is 59.7 cm³/mol. The standard InChI is InChI=1S/C11H6N2O5/c12-5-9(15)11-4-8(14)7-3-6(13(16)17)1-2-10(7)18-11/h1-4,9,15H. The summed E-state index contributed by atoms with van der Waals surface area (Å²) in [5, 5.41) is 28.4. The zero-order valence-electron chi connectivity index (χ0n) is 8.86. The summed E-state index contributed by atoms with van der Waals surface area (Å²) in [4.78, 5) is 21.6. The van der Waals surface area contributed by atoms with Gasteiger partial charge in [-0.15, -0.1) is 0 Å². The summed E-state index contributed by atoms with van der Waals surface area (Å²) in [6.07, 6.45) is -1.54. The van der Waals surface area contributed by atoms with E-state index in [-0.39, 0.29) is 22.4 Å². The molecule has 0 bridgehead atoms. The monoisotopic (exact) mass is 246 g/mol. The lowest BCUT2D eigenvalue weighted by Gasteiger charge is -2.02. The number of nitro benzene ring substituents is 1. The van der Waals surface area contributed by atoms with Crippen LogP contribution >= 0.6 is 0 Å². The highest BCUT2D eigenvalue weighted by Crippen LogP contribution is 2.21. The van der Waals surface area contributed by atoms with Crippen LogP contribution in [-0.2, 0) is 0 Å². The minimum absolute atomic E-state index is 0.0260. The quantitative estimate of drug-likeness (QED) is 0.484. The average Bonchev–Trinajstić information content (AvgIpc) is 2.37. The topological polar surface area (TPSA) is 117 Å². The molecule has 1 aromatic heterocycles.